The SMILES string of the molecule is COc1ccc(CCC(=O)NCCCC(C=CCN2CCCCC23CCc2cc(OC)c(OC)cc2C3)(c2ccccc2)c2ccccc2)cc1.Cl. The van der Waals surface area contributed by atoms with E-state index >= 15 is 0 Å². The zero-order chi connectivity index (χ0) is 35.5. The van der Waals surface area contributed by atoms with Crippen LogP contribution < -0.4 is 19.5 Å². The lowest BCUT2D eigenvalue weighted by atomic mass is 9.70. The largest absolute Gasteiger partial charge is 0.497 e. The number of hydrogen-bond acceptors (Lipinski definition) is 5. The van der Waals surface area contributed by atoms with Crippen LogP contribution in [0.3, 0.4) is 0 Å². The lowest BCUT2D eigenvalue weighted by molar-refractivity contribution is -0.121. The first kappa shape index (κ1) is 39.0. The van der Waals surface area contributed by atoms with Crippen molar-refractivity contribution < 1.29 is 19.0 Å². The Morgan fingerprint density at radius 1 is 0.827 bits per heavy atom. The topological polar surface area (TPSA) is 60.0 Å². The van der Waals surface area contributed by atoms with Gasteiger partial charge in [0.05, 0.1) is 21.3 Å². The van der Waals surface area contributed by atoms with Gasteiger partial charge in [0.1, 0.15) is 5.75 Å². The third-order valence-electron chi connectivity index (χ3n) is 11.3. The number of rotatable bonds is 15. The molecule has 0 bridgehead atoms. The molecule has 1 aliphatic carbocycles. The summed E-state index contributed by atoms with van der Waals surface area (Å²) in [7, 11) is 5.11. The predicted octanol–water partition coefficient (Wildman–Crippen LogP) is 8.92. The summed E-state index contributed by atoms with van der Waals surface area (Å²) in [5, 5.41) is 3.21. The van der Waals surface area contributed by atoms with E-state index in [0.29, 0.717) is 19.4 Å². The second-order valence-corrected chi connectivity index (χ2v) is 14.2. The van der Waals surface area contributed by atoms with E-state index in [9.17, 15) is 4.79 Å². The van der Waals surface area contributed by atoms with Gasteiger partial charge in [-0.1, -0.05) is 91.4 Å². The molecule has 1 saturated heterocycles. The van der Waals surface area contributed by atoms with Gasteiger partial charge in [0.2, 0.25) is 5.91 Å². The molecule has 1 unspecified atom stereocenters. The van der Waals surface area contributed by atoms with Gasteiger partial charge >= 0.3 is 0 Å². The number of carbonyl (C=O) groups excluding carboxylic acids is 1. The first-order valence-corrected chi connectivity index (χ1v) is 18.7. The molecule has 1 aliphatic heterocycles. The standard InChI is InChI=1S/C45H54N2O4.ClH/c1-49-40-21-18-35(19-22-40)20-23-43(48)46-29-12-26-45(38-14-6-4-7-15-38,39-16-8-5-9-17-39)27-13-31-47-30-11-10-25-44(47)28-24-36-32-41(50-2)42(51-3)33-37(36)34-44;/h4-9,13-19,21-22,27,32-33H,10-12,20,23-26,28-31,34H2,1-3H3,(H,46,48);1H. The molecule has 1 atom stereocenters. The van der Waals surface area contributed by atoms with Crippen molar-refractivity contribution in [2.75, 3.05) is 41.0 Å². The summed E-state index contributed by atoms with van der Waals surface area (Å²) in [6, 6.07) is 34.1. The van der Waals surface area contributed by atoms with Crippen molar-refractivity contribution in [3.8, 4) is 17.2 Å². The van der Waals surface area contributed by atoms with Gasteiger partial charge in [-0.25, -0.2) is 0 Å². The van der Waals surface area contributed by atoms with Crippen LogP contribution in [0.2, 0.25) is 0 Å². The van der Waals surface area contributed by atoms with Crippen molar-refractivity contribution in [3.05, 3.63) is 137 Å². The molecule has 0 aromatic heterocycles. The zero-order valence-electron chi connectivity index (χ0n) is 31.1. The number of halogens is 1. The molecular weight excluding hydrogens is 668 g/mol. The zero-order valence-corrected chi connectivity index (χ0v) is 31.9. The molecule has 7 heteroatoms. The minimum Gasteiger partial charge on any atom is -0.497 e. The Morgan fingerprint density at radius 3 is 2.12 bits per heavy atom. The molecule has 0 radical (unpaired) electrons. The normalized spacial score (nSPS) is 17.3. The highest BCUT2D eigenvalue weighted by atomic mass is 35.5. The summed E-state index contributed by atoms with van der Waals surface area (Å²) in [4.78, 5) is 15.6. The van der Waals surface area contributed by atoms with Crippen LogP contribution in [0, 0.1) is 0 Å². The molecule has 4 aromatic rings. The third-order valence-corrected chi connectivity index (χ3v) is 11.3. The number of methoxy groups -OCH3 is 3. The van der Waals surface area contributed by atoms with E-state index in [1.165, 1.54) is 41.5 Å². The molecule has 6 rings (SSSR count). The van der Waals surface area contributed by atoms with E-state index in [4.69, 9.17) is 14.2 Å². The molecule has 1 fully saturated rings. The van der Waals surface area contributed by atoms with Crippen molar-refractivity contribution in [1.29, 1.82) is 0 Å². The molecule has 1 heterocycles. The van der Waals surface area contributed by atoms with Gasteiger partial charge in [-0.15, -0.1) is 12.4 Å². The van der Waals surface area contributed by atoms with Crippen LogP contribution in [-0.4, -0.2) is 57.3 Å². The highest BCUT2D eigenvalue weighted by Crippen LogP contribution is 2.44. The number of benzene rings is 4. The number of aryl methyl sites for hydroxylation is 2. The Hall–Kier alpha value is -4.26. The van der Waals surface area contributed by atoms with Crippen LogP contribution >= 0.6 is 12.4 Å². The van der Waals surface area contributed by atoms with Gasteiger partial charge in [0.15, 0.2) is 11.5 Å². The number of likely N-dealkylation sites (tertiary alicyclic amines) is 1. The molecule has 1 spiro atoms. The summed E-state index contributed by atoms with van der Waals surface area (Å²) >= 11 is 0. The molecule has 0 saturated carbocycles. The highest BCUT2D eigenvalue weighted by Gasteiger charge is 2.41. The Bertz CT molecular complexity index is 1710. The van der Waals surface area contributed by atoms with Crippen LogP contribution in [0.4, 0.5) is 0 Å². The summed E-state index contributed by atoms with van der Waals surface area (Å²) in [5.74, 6) is 2.56. The lowest BCUT2D eigenvalue weighted by Gasteiger charge is -2.50. The fourth-order valence-electron chi connectivity index (χ4n) is 8.41. The minimum atomic E-state index is -0.317. The highest BCUT2D eigenvalue weighted by molar-refractivity contribution is 5.85. The summed E-state index contributed by atoms with van der Waals surface area (Å²) < 4.78 is 16.6. The number of carbonyl (C=O) groups is 1. The van der Waals surface area contributed by atoms with Crippen LogP contribution in [0.25, 0.3) is 0 Å². The molecule has 1 N–H and O–H groups in total. The number of allylic oxidation sites excluding steroid dienone is 1. The average Bonchev–Trinajstić information content (AvgIpc) is 3.19. The molecule has 1 amide bonds. The predicted molar refractivity (Wildman–Crippen MR) is 213 cm³/mol. The molecular formula is C45H55ClN2O4. The molecule has 2 aliphatic rings. The quantitative estimate of drug-likeness (QED) is 0.0982. The van der Waals surface area contributed by atoms with Gasteiger partial charge in [-0.2, -0.15) is 0 Å². The van der Waals surface area contributed by atoms with E-state index in [1.807, 2.05) is 24.3 Å². The van der Waals surface area contributed by atoms with Crippen molar-refractivity contribution in [3.63, 3.8) is 0 Å². The van der Waals surface area contributed by atoms with Crippen LogP contribution in [0.15, 0.2) is 109 Å². The van der Waals surface area contributed by atoms with Gasteiger partial charge in [-0.3, -0.25) is 9.69 Å². The lowest BCUT2D eigenvalue weighted by Crippen LogP contribution is -2.55. The van der Waals surface area contributed by atoms with E-state index in [2.05, 4.69) is 95.2 Å². The number of ether oxygens (including phenoxy) is 3. The maximum atomic E-state index is 12.9. The number of nitrogens with one attached hydrogen (secondary N) is 1. The number of nitrogens with zero attached hydrogens (tertiary/aromatic N) is 1. The summed E-state index contributed by atoms with van der Waals surface area (Å²) in [6.07, 6.45) is 14.8. The Kier molecular flexibility index (Phi) is 13.8. The van der Waals surface area contributed by atoms with E-state index in [-0.39, 0.29) is 29.3 Å². The van der Waals surface area contributed by atoms with E-state index in [1.54, 1.807) is 21.3 Å². The van der Waals surface area contributed by atoms with Crippen LogP contribution in [-0.2, 0) is 29.5 Å². The summed E-state index contributed by atoms with van der Waals surface area (Å²) in [5.41, 5.74) is 6.30. The van der Waals surface area contributed by atoms with Crippen molar-refractivity contribution >= 4 is 18.3 Å². The first-order valence-electron chi connectivity index (χ1n) is 18.7. The molecule has 276 valence electrons. The van der Waals surface area contributed by atoms with Crippen LogP contribution in [0.1, 0.15) is 72.8 Å². The smallest absolute Gasteiger partial charge is 0.220 e. The number of hydrogen-bond donors (Lipinski definition) is 1. The van der Waals surface area contributed by atoms with Gasteiger partial charge in [0, 0.05) is 30.5 Å². The third kappa shape index (κ3) is 9.02. The van der Waals surface area contributed by atoms with E-state index in [0.717, 1.165) is 68.0 Å². The van der Waals surface area contributed by atoms with Gasteiger partial charge in [-0.05, 0) is 110 Å². The first-order chi connectivity index (χ1) is 25.0. The molecule has 52 heavy (non-hydrogen) atoms. The maximum Gasteiger partial charge on any atom is 0.220 e. The Balaban J connectivity index is 0.00000523. The number of amides is 1. The molecule has 6 nitrogen and oxygen atoms in total. The van der Waals surface area contributed by atoms with Crippen molar-refractivity contribution in [2.45, 2.75) is 75.2 Å². The monoisotopic (exact) mass is 722 g/mol. The average molecular weight is 723 g/mol. The number of fused-ring (bicyclic) bond motifs is 1. The number of piperidine rings is 1. The minimum absolute atomic E-state index is 0. The Labute approximate surface area is 317 Å². The fourth-order valence-corrected chi connectivity index (χ4v) is 8.41. The fraction of sp³-hybridized carbons (Fsp3) is 0.400. The Morgan fingerprint density at radius 2 is 1.48 bits per heavy atom. The van der Waals surface area contributed by atoms with Crippen molar-refractivity contribution in [1.82, 2.24) is 10.2 Å². The van der Waals surface area contributed by atoms with E-state index < -0.39 is 0 Å². The van der Waals surface area contributed by atoms with Gasteiger partial charge < -0.3 is 19.5 Å². The maximum absolute atomic E-state index is 12.9. The molecule has 4 aromatic carbocycles. The van der Waals surface area contributed by atoms with Gasteiger partial charge in [0.25, 0.3) is 0 Å². The second kappa shape index (κ2) is 18.5. The van der Waals surface area contributed by atoms with Crippen LogP contribution in [0.5, 0.6) is 17.2 Å². The summed E-state index contributed by atoms with van der Waals surface area (Å²) in [6.45, 7) is 2.66. The second-order valence-electron chi connectivity index (χ2n) is 14.2. The van der Waals surface area contributed by atoms with Crippen molar-refractivity contribution in [2.24, 2.45) is 0 Å².